The molecular weight excluding hydrogens is 174 g/mol. The summed E-state index contributed by atoms with van der Waals surface area (Å²) < 4.78 is 0. The van der Waals surface area contributed by atoms with Gasteiger partial charge in [0.15, 0.2) is 0 Å². The molecule has 4 N–H and O–H groups in total. The number of hydrogen-bond acceptors (Lipinski definition) is 2. The molecule has 0 aliphatic rings. The van der Waals surface area contributed by atoms with Crippen molar-refractivity contribution in [3.8, 4) is 0 Å². The molecule has 0 spiro atoms. The van der Waals surface area contributed by atoms with Crippen molar-refractivity contribution in [3.05, 3.63) is 35.5 Å². The van der Waals surface area contributed by atoms with Crippen molar-refractivity contribution in [1.82, 2.24) is 10.3 Å². The summed E-state index contributed by atoms with van der Waals surface area (Å²) in [5.74, 6) is 0. The molecule has 1 aromatic carbocycles. The predicted molar refractivity (Wildman–Crippen MR) is 59.0 cm³/mol. The Kier molecular flexibility index (Phi) is 2.52. The van der Waals surface area contributed by atoms with Gasteiger partial charge < -0.3 is 16.0 Å². The predicted octanol–water partition coefficient (Wildman–Crippen LogP) is 1.35. The highest BCUT2D eigenvalue weighted by Crippen LogP contribution is 2.16. The van der Waals surface area contributed by atoms with Crippen LogP contribution in [0.5, 0.6) is 0 Å². The van der Waals surface area contributed by atoms with Crippen LogP contribution in [0.25, 0.3) is 10.9 Å². The Labute approximate surface area is 83.3 Å². The fourth-order valence-electron chi connectivity index (χ4n) is 1.65. The summed E-state index contributed by atoms with van der Waals surface area (Å²) in [4.78, 5) is 3.34. The standard InChI is InChI=1S/C11H15N3/c1-13-7-10-5-9-4-8(6-12)2-3-11(9)14-10/h2-5,13-14H,6-7,12H2,1H3. The smallest absolute Gasteiger partial charge is 0.0456 e. The van der Waals surface area contributed by atoms with Gasteiger partial charge in [-0.1, -0.05) is 6.07 Å². The van der Waals surface area contributed by atoms with Crippen molar-refractivity contribution < 1.29 is 0 Å². The molecule has 0 amide bonds. The lowest BCUT2D eigenvalue weighted by Gasteiger charge is -1.95. The third-order valence-electron chi connectivity index (χ3n) is 2.34. The van der Waals surface area contributed by atoms with Crippen molar-refractivity contribution in [1.29, 1.82) is 0 Å². The Morgan fingerprint density at radius 2 is 2.21 bits per heavy atom. The van der Waals surface area contributed by atoms with Crippen molar-refractivity contribution in [3.63, 3.8) is 0 Å². The highest BCUT2D eigenvalue weighted by atomic mass is 14.9. The molecule has 2 aromatic rings. The second-order valence-corrected chi connectivity index (χ2v) is 3.45. The molecule has 0 saturated heterocycles. The number of nitrogens with two attached hydrogens (primary N) is 1. The first-order chi connectivity index (χ1) is 6.83. The number of nitrogens with one attached hydrogen (secondary N) is 2. The quantitative estimate of drug-likeness (QED) is 0.682. The van der Waals surface area contributed by atoms with Crippen LogP contribution in [0.2, 0.25) is 0 Å². The van der Waals surface area contributed by atoms with Crippen LogP contribution in [0.15, 0.2) is 24.3 Å². The van der Waals surface area contributed by atoms with Crippen LogP contribution in [0.3, 0.4) is 0 Å². The van der Waals surface area contributed by atoms with E-state index in [1.165, 1.54) is 22.2 Å². The van der Waals surface area contributed by atoms with Crippen molar-refractivity contribution in [2.45, 2.75) is 13.1 Å². The second kappa shape index (κ2) is 3.82. The Bertz CT molecular complexity index is 431. The molecule has 0 atom stereocenters. The topological polar surface area (TPSA) is 53.8 Å². The lowest BCUT2D eigenvalue weighted by atomic mass is 10.1. The number of fused-ring (bicyclic) bond motifs is 1. The summed E-state index contributed by atoms with van der Waals surface area (Å²) in [5, 5.41) is 4.35. The zero-order valence-electron chi connectivity index (χ0n) is 8.30. The van der Waals surface area contributed by atoms with E-state index in [9.17, 15) is 0 Å². The van der Waals surface area contributed by atoms with Crippen LogP contribution in [0, 0.1) is 0 Å². The van der Waals surface area contributed by atoms with Crippen LogP contribution in [0.4, 0.5) is 0 Å². The minimum Gasteiger partial charge on any atom is -0.357 e. The fraction of sp³-hybridized carbons (Fsp3) is 0.273. The normalized spacial score (nSPS) is 11.0. The number of rotatable bonds is 3. The van der Waals surface area contributed by atoms with Crippen LogP contribution < -0.4 is 11.1 Å². The number of benzene rings is 1. The largest absolute Gasteiger partial charge is 0.357 e. The number of aromatic nitrogens is 1. The van der Waals surface area contributed by atoms with Gasteiger partial charge in [0.05, 0.1) is 0 Å². The Morgan fingerprint density at radius 1 is 1.36 bits per heavy atom. The average molecular weight is 189 g/mol. The first kappa shape index (κ1) is 9.24. The molecule has 1 heterocycles. The van der Waals surface area contributed by atoms with E-state index in [0.717, 1.165) is 6.54 Å². The first-order valence-electron chi connectivity index (χ1n) is 4.78. The van der Waals surface area contributed by atoms with E-state index in [0.29, 0.717) is 6.54 Å². The van der Waals surface area contributed by atoms with Crippen molar-refractivity contribution in [2.75, 3.05) is 7.05 Å². The first-order valence-corrected chi connectivity index (χ1v) is 4.78. The van der Waals surface area contributed by atoms with Crippen molar-refractivity contribution in [2.24, 2.45) is 5.73 Å². The molecule has 14 heavy (non-hydrogen) atoms. The Balaban J connectivity index is 2.43. The summed E-state index contributed by atoms with van der Waals surface area (Å²) in [6.45, 7) is 1.47. The Morgan fingerprint density at radius 3 is 2.93 bits per heavy atom. The SMILES string of the molecule is CNCc1cc2cc(CN)ccc2[nH]1. The monoisotopic (exact) mass is 189 g/mol. The molecule has 74 valence electrons. The zero-order valence-corrected chi connectivity index (χ0v) is 8.30. The van der Waals surface area contributed by atoms with E-state index < -0.39 is 0 Å². The summed E-state index contributed by atoms with van der Waals surface area (Å²) in [7, 11) is 1.94. The molecule has 0 unspecified atom stereocenters. The maximum absolute atomic E-state index is 5.58. The molecule has 0 aliphatic heterocycles. The summed E-state index contributed by atoms with van der Waals surface area (Å²) >= 11 is 0. The summed E-state index contributed by atoms with van der Waals surface area (Å²) in [6.07, 6.45) is 0. The van der Waals surface area contributed by atoms with Gasteiger partial charge in [0.2, 0.25) is 0 Å². The molecule has 0 radical (unpaired) electrons. The summed E-state index contributed by atoms with van der Waals surface area (Å²) in [6, 6.07) is 8.43. The van der Waals surface area contributed by atoms with Gasteiger partial charge >= 0.3 is 0 Å². The molecule has 3 heteroatoms. The van der Waals surface area contributed by atoms with Gasteiger partial charge in [-0.15, -0.1) is 0 Å². The lowest BCUT2D eigenvalue weighted by Crippen LogP contribution is -2.04. The maximum atomic E-state index is 5.58. The van der Waals surface area contributed by atoms with Gasteiger partial charge in [-0.3, -0.25) is 0 Å². The third kappa shape index (κ3) is 1.64. The van der Waals surface area contributed by atoms with Gasteiger partial charge in [-0.2, -0.15) is 0 Å². The number of aromatic amines is 1. The highest BCUT2D eigenvalue weighted by molar-refractivity contribution is 5.81. The van der Waals surface area contributed by atoms with Crippen LogP contribution in [0.1, 0.15) is 11.3 Å². The van der Waals surface area contributed by atoms with Gasteiger partial charge in [0.1, 0.15) is 0 Å². The van der Waals surface area contributed by atoms with Gasteiger partial charge in [-0.05, 0) is 30.8 Å². The molecule has 0 bridgehead atoms. The van der Waals surface area contributed by atoms with Crippen LogP contribution in [-0.2, 0) is 13.1 Å². The van der Waals surface area contributed by atoms with Gasteiger partial charge in [0, 0.05) is 29.7 Å². The third-order valence-corrected chi connectivity index (χ3v) is 2.34. The van der Waals surface area contributed by atoms with E-state index in [2.05, 4.69) is 34.6 Å². The highest BCUT2D eigenvalue weighted by Gasteiger charge is 2.00. The maximum Gasteiger partial charge on any atom is 0.0456 e. The molecule has 0 saturated carbocycles. The van der Waals surface area contributed by atoms with E-state index in [1.54, 1.807) is 0 Å². The second-order valence-electron chi connectivity index (χ2n) is 3.45. The van der Waals surface area contributed by atoms with E-state index in [-0.39, 0.29) is 0 Å². The minimum absolute atomic E-state index is 0.600. The van der Waals surface area contributed by atoms with Crippen LogP contribution >= 0.6 is 0 Å². The number of hydrogen-bond donors (Lipinski definition) is 3. The molecule has 1 aromatic heterocycles. The average Bonchev–Trinajstić information content (AvgIpc) is 2.59. The number of H-pyrrole nitrogens is 1. The van der Waals surface area contributed by atoms with E-state index >= 15 is 0 Å². The van der Waals surface area contributed by atoms with E-state index in [4.69, 9.17) is 5.73 Å². The van der Waals surface area contributed by atoms with Crippen LogP contribution in [-0.4, -0.2) is 12.0 Å². The molecule has 0 aliphatic carbocycles. The van der Waals surface area contributed by atoms with Gasteiger partial charge in [-0.25, -0.2) is 0 Å². The molecular formula is C11H15N3. The fourth-order valence-corrected chi connectivity index (χ4v) is 1.65. The Hall–Kier alpha value is -1.32. The van der Waals surface area contributed by atoms with Gasteiger partial charge in [0.25, 0.3) is 0 Å². The van der Waals surface area contributed by atoms with Crippen molar-refractivity contribution >= 4 is 10.9 Å². The molecule has 3 nitrogen and oxygen atoms in total. The molecule has 0 fully saturated rings. The summed E-state index contributed by atoms with van der Waals surface area (Å²) in [5.41, 5.74) is 9.14. The minimum atomic E-state index is 0.600. The zero-order chi connectivity index (χ0) is 9.97. The lowest BCUT2D eigenvalue weighted by molar-refractivity contribution is 0.800. The van der Waals surface area contributed by atoms with E-state index in [1.807, 2.05) is 7.05 Å². The molecule has 2 rings (SSSR count).